The van der Waals surface area contributed by atoms with Crippen LogP contribution >= 0.6 is 15.9 Å². The summed E-state index contributed by atoms with van der Waals surface area (Å²) in [6.07, 6.45) is 3.62. The molecule has 0 aliphatic rings. The number of hydrogen-bond donors (Lipinski definition) is 2. The number of carboxylic acid groups (broad SMARTS) is 1. The third kappa shape index (κ3) is 6.43. The predicted octanol–water partition coefficient (Wildman–Crippen LogP) is 4.48. The molecule has 130 valence electrons. The number of hydrogen-bond acceptors (Lipinski definition) is 3. The monoisotopic (exact) mass is 403 g/mol. The van der Waals surface area contributed by atoms with Crippen LogP contribution in [0, 0.1) is 0 Å². The Hall–Kier alpha value is -2.60. The fourth-order valence-electron chi connectivity index (χ4n) is 2.11. The minimum Gasteiger partial charge on any atom is -0.478 e. The fourth-order valence-corrected chi connectivity index (χ4v) is 2.49. The zero-order valence-corrected chi connectivity index (χ0v) is 15.0. The largest absolute Gasteiger partial charge is 0.478 e. The van der Waals surface area contributed by atoms with Gasteiger partial charge in [0, 0.05) is 11.0 Å². The van der Waals surface area contributed by atoms with Gasteiger partial charge < -0.3 is 15.2 Å². The molecule has 0 spiro atoms. The smallest absolute Gasteiger partial charge is 0.407 e. The van der Waals surface area contributed by atoms with E-state index in [9.17, 15) is 9.59 Å². The van der Waals surface area contributed by atoms with Crippen LogP contribution in [0.4, 0.5) is 4.79 Å². The van der Waals surface area contributed by atoms with Gasteiger partial charge in [0.25, 0.3) is 0 Å². The van der Waals surface area contributed by atoms with E-state index in [0.29, 0.717) is 18.5 Å². The van der Waals surface area contributed by atoms with E-state index in [2.05, 4.69) is 21.2 Å². The highest BCUT2D eigenvalue weighted by molar-refractivity contribution is 9.10. The minimum atomic E-state index is -0.977. The summed E-state index contributed by atoms with van der Waals surface area (Å²) in [6, 6.07) is 14.4. The molecule has 25 heavy (non-hydrogen) atoms. The van der Waals surface area contributed by atoms with Gasteiger partial charge in [-0.25, -0.2) is 9.59 Å². The van der Waals surface area contributed by atoms with Crippen LogP contribution in [-0.4, -0.2) is 23.7 Å². The third-order valence-corrected chi connectivity index (χ3v) is 3.83. The van der Waals surface area contributed by atoms with Crippen LogP contribution in [0.1, 0.15) is 27.9 Å². The van der Waals surface area contributed by atoms with Crippen molar-refractivity contribution in [2.24, 2.45) is 0 Å². The summed E-state index contributed by atoms with van der Waals surface area (Å²) in [5.74, 6) is -0.977. The topological polar surface area (TPSA) is 75.6 Å². The third-order valence-electron chi connectivity index (χ3n) is 3.33. The number of alkyl carbamates (subject to hydrolysis) is 1. The molecule has 0 radical (unpaired) electrons. The molecule has 2 aromatic rings. The number of carbonyl (C=O) groups excluding carboxylic acids is 1. The number of carbonyl (C=O) groups is 2. The molecule has 2 N–H and O–H groups in total. The zero-order valence-electron chi connectivity index (χ0n) is 13.4. The van der Waals surface area contributed by atoms with Gasteiger partial charge in [0.1, 0.15) is 6.61 Å². The number of halogens is 1. The van der Waals surface area contributed by atoms with E-state index in [1.165, 1.54) is 0 Å². The summed E-state index contributed by atoms with van der Waals surface area (Å²) in [7, 11) is 0. The first-order valence-corrected chi connectivity index (χ1v) is 8.49. The highest BCUT2D eigenvalue weighted by Gasteiger charge is 2.07. The van der Waals surface area contributed by atoms with Gasteiger partial charge in [-0.05, 0) is 35.7 Å². The van der Waals surface area contributed by atoms with Crippen molar-refractivity contribution in [3.05, 3.63) is 75.8 Å². The van der Waals surface area contributed by atoms with Gasteiger partial charge >= 0.3 is 12.1 Å². The van der Waals surface area contributed by atoms with Crippen molar-refractivity contribution in [3.63, 3.8) is 0 Å². The van der Waals surface area contributed by atoms with E-state index in [0.717, 1.165) is 10.0 Å². The standard InChI is InChI=1S/C19H18BrNO4/c20-16-9-10-17(18(22)23)15(12-16)8-4-5-11-21-19(24)25-13-14-6-2-1-3-7-14/h1-4,6-10,12H,5,11,13H2,(H,21,24)(H,22,23). The van der Waals surface area contributed by atoms with Crippen molar-refractivity contribution in [3.8, 4) is 0 Å². The Kier molecular flexibility index (Phi) is 7.22. The van der Waals surface area contributed by atoms with Gasteiger partial charge in [-0.3, -0.25) is 0 Å². The van der Waals surface area contributed by atoms with Crippen molar-refractivity contribution in [2.75, 3.05) is 6.54 Å². The van der Waals surface area contributed by atoms with Crippen LogP contribution in [-0.2, 0) is 11.3 Å². The quantitative estimate of drug-likeness (QED) is 0.668. The first kappa shape index (κ1) is 18.7. The highest BCUT2D eigenvalue weighted by atomic mass is 79.9. The molecule has 0 heterocycles. The average Bonchev–Trinajstić information content (AvgIpc) is 2.60. The number of amides is 1. The molecule has 0 atom stereocenters. The number of benzene rings is 2. The molecule has 0 aromatic heterocycles. The van der Waals surface area contributed by atoms with Gasteiger partial charge in [-0.15, -0.1) is 0 Å². The van der Waals surface area contributed by atoms with Gasteiger partial charge in [-0.1, -0.05) is 58.4 Å². The molecule has 5 nitrogen and oxygen atoms in total. The van der Waals surface area contributed by atoms with E-state index in [1.54, 1.807) is 24.3 Å². The van der Waals surface area contributed by atoms with Gasteiger partial charge in [0.05, 0.1) is 5.56 Å². The molecule has 1 amide bonds. The molecular formula is C19H18BrNO4. The summed E-state index contributed by atoms with van der Waals surface area (Å²) < 4.78 is 5.91. The van der Waals surface area contributed by atoms with Crippen LogP contribution in [0.15, 0.2) is 59.1 Å². The molecule has 0 bridgehead atoms. The first-order chi connectivity index (χ1) is 12.1. The Labute approximate surface area is 154 Å². The van der Waals surface area contributed by atoms with Gasteiger partial charge in [0.15, 0.2) is 0 Å². The second kappa shape index (κ2) is 9.64. The Morgan fingerprint density at radius 2 is 1.92 bits per heavy atom. The van der Waals surface area contributed by atoms with Crippen LogP contribution < -0.4 is 5.32 Å². The molecule has 0 fully saturated rings. The lowest BCUT2D eigenvalue weighted by molar-refractivity contribution is 0.0696. The Balaban J connectivity index is 1.75. The number of ether oxygens (including phenoxy) is 1. The molecule has 2 rings (SSSR count). The summed E-state index contributed by atoms with van der Waals surface area (Å²) in [6.45, 7) is 0.628. The number of aromatic carboxylic acids is 1. The lowest BCUT2D eigenvalue weighted by Gasteiger charge is -2.06. The number of rotatable bonds is 7. The van der Waals surface area contributed by atoms with E-state index in [-0.39, 0.29) is 12.2 Å². The SMILES string of the molecule is O=C(NCCC=Cc1cc(Br)ccc1C(=O)O)OCc1ccccc1. The van der Waals surface area contributed by atoms with E-state index >= 15 is 0 Å². The van der Waals surface area contributed by atoms with Crippen LogP contribution in [0.3, 0.4) is 0 Å². The van der Waals surface area contributed by atoms with Crippen LogP contribution in [0.2, 0.25) is 0 Å². The molecule has 0 saturated carbocycles. The molecule has 0 aliphatic carbocycles. The molecule has 0 aliphatic heterocycles. The number of nitrogens with one attached hydrogen (secondary N) is 1. The maximum absolute atomic E-state index is 11.6. The van der Waals surface area contributed by atoms with Crippen LogP contribution in [0.5, 0.6) is 0 Å². The maximum Gasteiger partial charge on any atom is 0.407 e. The van der Waals surface area contributed by atoms with Crippen molar-refractivity contribution in [2.45, 2.75) is 13.0 Å². The fraction of sp³-hybridized carbons (Fsp3) is 0.158. The predicted molar refractivity (Wildman–Crippen MR) is 99.4 cm³/mol. The van der Waals surface area contributed by atoms with Crippen molar-refractivity contribution in [1.29, 1.82) is 0 Å². The van der Waals surface area contributed by atoms with Gasteiger partial charge in [0.2, 0.25) is 0 Å². The van der Waals surface area contributed by atoms with Crippen molar-refractivity contribution >= 4 is 34.1 Å². The molecule has 2 aromatic carbocycles. The second-order valence-electron chi connectivity index (χ2n) is 5.22. The minimum absolute atomic E-state index is 0.225. The molecular weight excluding hydrogens is 386 g/mol. The number of carboxylic acids is 1. The second-order valence-corrected chi connectivity index (χ2v) is 6.13. The zero-order chi connectivity index (χ0) is 18.1. The van der Waals surface area contributed by atoms with E-state index < -0.39 is 12.1 Å². The molecule has 0 unspecified atom stereocenters. The summed E-state index contributed by atoms with van der Waals surface area (Å²) in [5.41, 5.74) is 1.76. The van der Waals surface area contributed by atoms with Gasteiger partial charge in [-0.2, -0.15) is 0 Å². The lowest BCUT2D eigenvalue weighted by Crippen LogP contribution is -2.24. The van der Waals surface area contributed by atoms with Crippen molar-refractivity contribution < 1.29 is 19.4 Å². The molecule has 0 saturated heterocycles. The van der Waals surface area contributed by atoms with Crippen molar-refractivity contribution in [1.82, 2.24) is 5.32 Å². The Morgan fingerprint density at radius 3 is 2.64 bits per heavy atom. The summed E-state index contributed by atoms with van der Waals surface area (Å²) in [5, 5.41) is 11.8. The first-order valence-electron chi connectivity index (χ1n) is 7.70. The summed E-state index contributed by atoms with van der Waals surface area (Å²) in [4.78, 5) is 22.8. The Bertz CT molecular complexity index is 759. The van der Waals surface area contributed by atoms with Crippen LogP contribution in [0.25, 0.3) is 6.08 Å². The van der Waals surface area contributed by atoms with E-state index in [1.807, 2.05) is 36.4 Å². The molecule has 6 heteroatoms. The average molecular weight is 404 g/mol. The lowest BCUT2D eigenvalue weighted by atomic mass is 10.1. The Morgan fingerprint density at radius 1 is 1.16 bits per heavy atom. The maximum atomic E-state index is 11.6. The highest BCUT2D eigenvalue weighted by Crippen LogP contribution is 2.18. The normalized spacial score (nSPS) is 10.6. The van der Waals surface area contributed by atoms with E-state index in [4.69, 9.17) is 9.84 Å². The summed E-state index contributed by atoms with van der Waals surface area (Å²) >= 11 is 3.32.